The zero-order valence-electron chi connectivity index (χ0n) is 9.23. The quantitative estimate of drug-likeness (QED) is 0.650. The molecule has 14 heavy (non-hydrogen) atoms. The summed E-state index contributed by atoms with van der Waals surface area (Å²) in [6, 6.07) is 0. The van der Waals surface area contributed by atoms with Crippen molar-refractivity contribution in [3.05, 3.63) is 0 Å². The molecule has 0 aliphatic rings. The van der Waals surface area contributed by atoms with Crippen molar-refractivity contribution in [2.75, 3.05) is 19.7 Å². The molecule has 2 N–H and O–H groups in total. The topological polar surface area (TPSA) is 60.8 Å². The molecule has 0 saturated heterocycles. The predicted molar refractivity (Wildman–Crippen MR) is 54.8 cm³/mol. The summed E-state index contributed by atoms with van der Waals surface area (Å²) in [7, 11) is 0. The van der Waals surface area contributed by atoms with Crippen molar-refractivity contribution in [2.45, 2.75) is 33.3 Å². The van der Waals surface area contributed by atoms with Crippen LogP contribution in [0, 0.1) is 5.92 Å². The molecule has 1 unspecified atom stereocenters. The largest absolute Gasteiger partial charge is 0.395 e. The van der Waals surface area contributed by atoms with Gasteiger partial charge in [-0.1, -0.05) is 13.8 Å². The van der Waals surface area contributed by atoms with Crippen LogP contribution in [0.5, 0.6) is 0 Å². The van der Waals surface area contributed by atoms with Gasteiger partial charge in [0.15, 0.2) is 0 Å². The molecule has 0 fully saturated rings. The summed E-state index contributed by atoms with van der Waals surface area (Å²) in [6.45, 7) is 6.11. The number of hydrogen-bond acceptors (Lipinski definition) is 3. The molecule has 0 aromatic heterocycles. The first-order valence-electron chi connectivity index (χ1n) is 5.04. The van der Waals surface area contributed by atoms with E-state index < -0.39 is 6.10 Å². The second-order valence-electron chi connectivity index (χ2n) is 4.01. The van der Waals surface area contributed by atoms with Gasteiger partial charge in [-0.2, -0.15) is 0 Å². The Bertz CT molecular complexity index is 169. The first-order chi connectivity index (χ1) is 6.47. The van der Waals surface area contributed by atoms with Crippen LogP contribution in [0.2, 0.25) is 0 Å². The third-order valence-corrected chi connectivity index (χ3v) is 1.79. The van der Waals surface area contributed by atoms with E-state index in [2.05, 4.69) is 0 Å². The van der Waals surface area contributed by atoms with Gasteiger partial charge in [-0.25, -0.2) is 0 Å². The first kappa shape index (κ1) is 13.4. The number of aliphatic hydroxyl groups is 2. The van der Waals surface area contributed by atoms with E-state index in [1.165, 1.54) is 4.90 Å². The van der Waals surface area contributed by atoms with Crippen LogP contribution < -0.4 is 0 Å². The summed E-state index contributed by atoms with van der Waals surface area (Å²) >= 11 is 0. The third kappa shape index (κ3) is 5.94. The predicted octanol–water partition coefficient (Wildman–Crippen LogP) is 0.234. The molecule has 0 spiro atoms. The fraction of sp³-hybridized carbons (Fsp3) is 0.900. The molecule has 84 valence electrons. The monoisotopic (exact) mass is 203 g/mol. The van der Waals surface area contributed by atoms with Crippen LogP contribution in [0.15, 0.2) is 0 Å². The van der Waals surface area contributed by atoms with Crippen LogP contribution in [-0.2, 0) is 4.79 Å². The Kier molecular flexibility index (Phi) is 6.49. The average Bonchev–Trinajstić information content (AvgIpc) is 2.01. The maximum Gasteiger partial charge on any atom is 0.222 e. The van der Waals surface area contributed by atoms with Crippen LogP contribution in [0.3, 0.4) is 0 Å². The smallest absolute Gasteiger partial charge is 0.222 e. The van der Waals surface area contributed by atoms with Gasteiger partial charge in [0.1, 0.15) is 0 Å². The van der Waals surface area contributed by atoms with Crippen LogP contribution in [0.1, 0.15) is 27.2 Å². The number of amides is 1. The minimum absolute atomic E-state index is 0.00468. The number of carbonyl (C=O) groups is 1. The summed E-state index contributed by atoms with van der Waals surface area (Å²) in [4.78, 5) is 13.1. The van der Waals surface area contributed by atoms with Crippen LogP contribution in [0.25, 0.3) is 0 Å². The Labute approximate surface area is 85.5 Å². The highest BCUT2D eigenvalue weighted by molar-refractivity contribution is 5.76. The van der Waals surface area contributed by atoms with Crippen molar-refractivity contribution in [3.8, 4) is 0 Å². The maximum atomic E-state index is 11.6. The molecule has 0 saturated carbocycles. The van der Waals surface area contributed by atoms with E-state index >= 15 is 0 Å². The number of aliphatic hydroxyl groups excluding tert-OH is 2. The lowest BCUT2D eigenvalue weighted by Gasteiger charge is -2.23. The maximum absolute atomic E-state index is 11.6. The fourth-order valence-corrected chi connectivity index (χ4v) is 1.24. The number of rotatable bonds is 6. The molecule has 0 aromatic carbocycles. The van der Waals surface area contributed by atoms with Crippen LogP contribution in [0.4, 0.5) is 0 Å². The Morgan fingerprint density at radius 1 is 1.36 bits per heavy atom. The highest BCUT2D eigenvalue weighted by Crippen LogP contribution is 2.04. The Balaban J connectivity index is 4.10. The molecule has 0 aromatic rings. The normalized spacial score (nSPS) is 13.0. The lowest BCUT2D eigenvalue weighted by atomic mass is 10.1. The number of carbonyl (C=O) groups excluding carboxylic acids is 1. The van der Waals surface area contributed by atoms with E-state index in [9.17, 15) is 4.79 Å². The second-order valence-corrected chi connectivity index (χ2v) is 4.01. The SMILES string of the molecule is CC(C)CC(=O)N(CCO)CC(C)O. The Morgan fingerprint density at radius 2 is 1.93 bits per heavy atom. The molecule has 0 heterocycles. The number of nitrogens with zero attached hydrogens (tertiary/aromatic N) is 1. The van der Waals surface area contributed by atoms with Crippen molar-refractivity contribution >= 4 is 5.91 Å². The zero-order valence-corrected chi connectivity index (χ0v) is 9.23. The molecule has 0 radical (unpaired) electrons. The van der Waals surface area contributed by atoms with Gasteiger partial charge in [0, 0.05) is 19.5 Å². The molecule has 4 heteroatoms. The van der Waals surface area contributed by atoms with Crippen LogP contribution in [-0.4, -0.2) is 46.8 Å². The van der Waals surface area contributed by atoms with Gasteiger partial charge >= 0.3 is 0 Å². The number of hydrogen-bond donors (Lipinski definition) is 2. The third-order valence-electron chi connectivity index (χ3n) is 1.79. The van der Waals surface area contributed by atoms with Crippen molar-refractivity contribution < 1.29 is 15.0 Å². The second kappa shape index (κ2) is 6.79. The molecular weight excluding hydrogens is 182 g/mol. The van der Waals surface area contributed by atoms with Crippen molar-refractivity contribution in [3.63, 3.8) is 0 Å². The molecular formula is C10H21NO3. The molecule has 1 atom stereocenters. The van der Waals surface area contributed by atoms with E-state index in [0.717, 1.165) is 0 Å². The van der Waals surface area contributed by atoms with Gasteiger partial charge in [-0.15, -0.1) is 0 Å². The molecule has 4 nitrogen and oxygen atoms in total. The molecule has 1 amide bonds. The van der Waals surface area contributed by atoms with Gasteiger partial charge in [0.25, 0.3) is 0 Å². The summed E-state index contributed by atoms with van der Waals surface area (Å²) in [5.74, 6) is 0.299. The van der Waals surface area contributed by atoms with E-state index in [-0.39, 0.29) is 12.5 Å². The fourth-order valence-electron chi connectivity index (χ4n) is 1.24. The summed E-state index contributed by atoms with van der Waals surface area (Å²) < 4.78 is 0. The van der Waals surface area contributed by atoms with Crippen LogP contribution >= 0.6 is 0 Å². The van der Waals surface area contributed by atoms with Gasteiger partial charge in [0.05, 0.1) is 12.7 Å². The Hall–Kier alpha value is -0.610. The van der Waals surface area contributed by atoms with E-state index in [0.29, 0.717) is 25.4 Å². The minimum atomic E-state index is -0.544. The first-order valence-corrected chi connectivity index (χ1v) is 5.04. The van der Waals surface area contributed by atoms with E-state index in [1.807, 2.05) is 13.8 Å². The van der Waals surface area contributed by atoms with E-state index in [4.69, 9.17) is 10.2 Å². The molecule has 0 aliphatic carbocycles. The standard InChI is InChI=1S/C10H21NO3/c1-8(2)6-10(14)11(4-5-12)7-9(3)13/h8-9,12-13H,4-7H2,1-3H3. The van der Waals surface area contributed by atoms with Crippen molar-refractivity contribution in [1.82, 2.24) is 4.90 Å². The minimum Gasteiger partial charge on any atom is -0.395 e. The highest BCUT2D eigenvalue weighted by atomic mass is 16.3. The molecule has 0 aliphatic heterocycles. The van der Waals surface area contributed by atoms with Gasteiger partial charge in [-0.3, -0.25) is 4.79 Å². The summed E-state index contributed by atoms with van der Waals surface area (Å²) in [6.07, 6.45) is -0.0788. The molecule has 0 rings (SSSR count). The Morgan fingerprint density at radius 3 is 2.29 bits per heavy atom. The average molecular weight is 203 g/mol. The van der Waals surface area contributed by atoms with Gasteiger partial charge in [0.2, 0.25) is 5.91 Å². The highest BCUT2D eigenvalue weighted by Gasteiger charge is 2.15. The van der Waals surface area contributed by atoms with E-state index in [1.54, 1.807) is 6.92 Å². The lowest BCUT2D eigenvalue weighted by Crippen LogP contribution is -2.38. The lowest BCUT2D eigenvalue weighted by molar-refractivity contribution is -0.133. The van der Waals surface area contributed by atoms with Crippen molar-refractivity contribution in [1.29, 1.82) is 0 Å². The van der Waals surface area contributed by atoms with Crippen molar-refractivity contribution in [2.24, 2.45) is 5.92 Å². The summed E-state index contributed by atoms with van der Waals surface area (Å²) in [5.41, 5.74) is 0. The zero-order chi connectivity index (χ0) is 11.1. The summed E-state index contributed by atoms with van der Waals surface area (Å²) in [5, 5.41) is 17.9. The molecule has 0 bridgehead atoms. The van der Waals surface area contributed by atoms with Gasteiger partial charge in [-0.05, 0) is 12.8 Å². The van der Waals surface area contributed by atoms with Gasteiger partial charge < -0.3 is 15.1 Å².